The van der Waals surface area contributed by atoms with Crippen LogP contribution in [0.4, 0.5) is 22.7 Å². The first-order valence-electron chi connectivity index (χ1n) is 19.4. The number of nitrogens with zero attached hydrogens (tertiary/aromatic N) is 6. The van der Waals surface area contributed by atoms with Crippen molar-refractivity contribution in [3.8, 4) is 11.5 Å². The molecule has 0 fully saturated rings. The quantitative estimate of drug-likeness (QED) is 0.101. The summed E-state index contributed by atoms with van der Waals surface area (Å²) in [5.74, 6) is 0.921. The summed E-state index contributed by atoms with van der Waals surface area (Å²) in [5.41, 5.74) is 15.1. The summed E-state index contributed by atoms with van der Waals surface area (Å²) in [6.45, 7) is 11.1. The van der Waals surface area contributed by atoms with Crippen LogP contribution in [0.5, 0.6) is 0 Å². The summed E-state index contributed by atoms with van der Waals surface area (Å²) in [5, 5.41) is 2.41. The third-order valence-electron chi connectivity index (χ3n) is 11.6. The zero-order valence-corrected chi connectivity index (χ0v) is 32.7. The van der Waals surface area contributed by atoms with Gasteiger partial charge in [-0.2, -0.15) is 0 Å². The smallest absolute Gasteiger partial charge is 0.360 e. The van der Waals surface area contributed by atoms with Crippen LogP contribution >= 0.6 is 0 Å². The number of hydrogen-bond acceptors (Lipinski definition) is 3. The Bertz CT molecular complexity index is 2950. The second-order valence-corrected chi connectivity index (χ2v) is 16.1. The van der Waals surface area contributed by atoms with Crippen LogP contribution in [0.15, 0.2) is 152 Å². The Labute approximate surface area is 328 Å². The van der Waals surface area contributed by atoms with Crippen molar-refractivity contribution in [1.82, 2.24) is 14.1 Å². The van der Waals surface area contributed by atoms with Gasteiger partial charge in [0.25, 0.3) is 0 Å². The van der Waals surface area contributed by atoms with Crippen LogP contribution in [0.1, 0.15) is 37.5 Å². The Morgan fingerprint density at radius 3 is 2.05 bits per heavy atom. The van der Waals surface area contributed by atoms with E-state index < -0.39 is 0 Å². The third-order valence-corrected chi connectivity index (χ3v) is 11.6. The number of anilines is 4. The number of rotatable bonds is 5. The molecule has 0 aliphatic carbocycles. The molecule has 3 aromatic heterocycles. The number of aromatic nitrogens is 4. The predicted molar refractivity (Wildman–Crippen MR) is 233 cm³/mol. The normalized spacial score (nSPS) is 13.1. The fraction of sp³-hybridized carbons (Fsp3) is 0.143. The molecule has 272 valence electrons. The molecular weight excluding hydrogens is 683 g/mol. The molecule has 0 N–H and O–H groups in total. The van der Waals surface area contributed by atoms with Gasteiger partial charge in [0.05, 0.1) is 40.5 Å². The fourth-order valence-electron chi connectivity index (χ4n) is 8.82. The molecule has 0 spiro atoms. The van der Waals surface area contributed by atoms with Crippen molar-refractivity contribution in [2.45, 2.75) is 40.0 Å². The number of hydrogen-bond donors (Lipinski definition) is 0. The average molecular weight is 727 g/mol. The average Bonchev–Trinajstić information content (AvgIpc) is 3.84. The summed E-state index contributed by atoms with van der Waals surface area (Å²) < 4.78 is 6.61. The molecule has 0 saturated carbocycles. The largest absolute Gasteiger partial charge is 0.421 e. The molecule has 7 heteroatoms. The molecule has 6 nitrogen and oxygen atoms in total. The maximum atomic E-state index is 5.00. The van der Waals surface area contributed by atoms with Crippen LogP contribution < -0.4 is 19.7 Å². The van der Waals surface area contributed by atoms with Crippen molar-refractivity contribution in [3.63, 3.8) is 0 Å². The van der Waals surface area contributed by atoms with Gasteiger partial charge in [0.15, 0.2) is 0 Å². The van der Waals surface area contributed by atoms with Gasteiger partial charge in [-0.1, -0.05) is 123 Å². The van der Waals surface area contributed by atoms with Gasteiger partial charge >= 0.3 is 6.98 Å². The van der Waals surface area contributed by atoms with E-state index in [9.17, 15) is 0 Å². The highest BCUT2D eigenvalue weighted by molar-refractivity contribution is 6.85. The first-order valence-corrected chi connectivity index (χ1v) is 19.4. The third kappa shape index (κ3) is 5.25. The lowest BCUT2D eigenvalue weighted by molar-refractivity contribution is -0.649. The molecule has 0 radical (unpaired) electrons. The minimum absolute atomic E-state index is 0.0162. The maximum Gasteiger partial charge on any atom is 0.421 e. The van der Waals surface area contributed by atoms with Gasteiger partial charge in [-0.15, -0.1) is 0 Å². The summed E-state index contributed by atoms with van der Waals surface area (Å²) >= 11 is 0. The molecule has 0 saturated heterocycles. The van der Waals surface area contributed by atoms with E-state index in [-0.39, 0.29) is 12.4 Å². The molecule has 9 aromatic rings. The predicted octanol–water partition coefficient (Wildman–Crippen LogP) is 10.3. The minimum Gasteiger partial charge on any atom is -0.360 e. The van der Waals surface area contributed by atoms with Gasteiger partial charge in [0.2, 0.25) is 6.33 Å². The SMILES string of the molecule is Cc1cccc(C)c1B1N(c2ccccc2)c2ccc(-n3[c-][n+](C)c4ccccc43)cc2N1c1ccc2c3ccccc3n(-c3cc(C(C)(C)C)ccn3)c2c1. The molecular formula is C49H43BN6. The van der Waals surface area contributed by atoms with Crippen LogP contribution in [0.3, 0.4) is 0 Å². The summed E-state index contributed by atoms with van der Waals surface area (Å²) in [6, 6.07) is 52.9. The molecule has 56 heavy (non-hydrogen) atoms. The lowest BCUT2D eigenvalue weighted by Gasteiger charge is -2.32. The Morgan fingerprint density at radius 2 is 1.27 bits per heavy atom. The van der Waals surface area contributed by atoms with Gasteiger partial charge in [0, 0.05) is 34.0 Å². The van der Waals surface area contributed by atoms with Gasteiger partial charge in [-0.05, 0) is 84.9 Å². The second-order valence-electron chi connectivity index (χ2n) is 16.1. The molecule has 6 aromatic carbocycles. The van der Waals surface area contributed by atoms with Gasteiger partial charge in [-0.3, -0.25) is 4.57 Å². The van der Waals surface area contributed by atoms with Crippen LogP contribution in [-0.4, -0.2) is 21.1 Å². The summed E-state index contributed by atoms with van der Waals surface area (Å²) in [6.07, 6.45) is 5.54. The van der Waals surface area contributed by atoms with E-state index in [1.165, 1.54) is 32.9 Å². The standard InChI is InChI=1S/C49H43BN6/c1-33-15-14-16-34(2)48(33)50-55(36-17-8-7-9-18-36)44-26-24-37(53-32-52(6)42-21-12-13-22-43(42)53)30-46(44)56(50)38-23-25-40-39-19-10-11-20-41(39)54(45(40)31-38)47-29-35(27-28-51-47)49(3,4)5/h7-31H,1-6H3. The monoisotopic (exact) mass is 726 g/mol. The highest BCUT2D eigenvalue weighted by Crippen LogP contribution is 2.48. The lowest BCUT2D eigenvalue weighted by Crippen LogP contribution is -2.55. The molecule has 0 amide bonds. The van der Waals surface area contributed by atoms with E-state index >= 15 is 0 Å². The van der Waals surface area contributed by atoms with Gasteiger partial charge < -0.3 is 18.8 Å². The number of benzene rings is 6. The second kappa shape index (κ2) is 12.7. The summed E-state index contributed by atoms with van der Waals surface area (Å²) in [4.78, 5) is 10.1. The first kappa shape index (κ1) is 33.9. The maximum absolute atomic E-state index is 5.00. The van der Waals surface area contributed by atoms with E-state index in [1.54, 1.807) is 0 Å². The van der Waals surface area contributed by atoms with Crippen LogP contribution in [0.2, 0.25) is 0 Å². The van der Waals surface area contributed by atoms with Crippen LogP contribution in [0.25, 0.3) is 44.3 Å². The van der Waals surface area contributed by atoms with Crippen LogP contribution in [0, 0.1) is 20.2 Å². The molecule has 1 aliphatic heterocycles. The van der Waals surface area contributed by atoms with Crippen molar-refractivity contribution in [2.75, 3.05) is 9.62 Å². The van der Waals surface area contributed by atoms with E-state index in [1.807, 2.05) is 6.20 Å². The van der Waals surface area contributed by atoms with Gasteiger partial charge in [0.1, 0.15) is 5.82 Å². The highest BCUT2D eigenvalue weighted by Gasteiger charge is 2.45. The Morgan fingerprint density at radius 1 is 0.589 bits per heavy atom. The highest BCUT2D eigenvalue weighted by atomic mass is 15.3. The van der Waals surface area contributed by atoms with Crippen molar-refractivity contribution in [3.05, 3.63) is 175 Å². The molecule has 1 aliphatic rings. The molecule has 0 bridgehead atoms. The molecule has 0 unspecified atom stereocenters. The molecule has 4 heterocycles. The van der Waals surface area contributed by atoms with Crippen molar-refractivity contribution >= 4 is 68.0 Å². The van der Waals surface area contributed by atoms with Crippen LogP contribution in [-0.2, 0) is 12.5 Å². The zero-order chi connectivity index (χ0) is 38.3. The number of imidazole rings is 1. The number of aryl methyl sites for hydroxylation is 3. The molecule has 10 rings (SSSR count). The van der Waals surface area contributed by atoms with E-state index in [4.69, 9.17) is 4.98 Å². The number of pyridine rings is 1. The summed E-state index contributed by atoms with van der Waals surface area (Å²) in [7, 11) is 2.06. The van der Waals surface area contributed by atoms with Gasteiger partial charge in [-0.25, -0.2) is 4.98 Å². The first-order chi connectivity index (χ1) is 27.2. The van der Waals surface area contributed by atoms with Crippen molar-refractivity contribution < 1.29 is 4.57 Å². The fourth-order valence-corrected chi connectivity index (χ4v) is 8.82. The minimum atomic E-state index is -0.164. The number of para-hydroxylation sites is 4. The van der Waals surface area contributed by atoms with E-state index in [0.717, 1.165) is 56.3 Å². The molecule has 0 atom stereocenters. The zero-order valence-electron chi connectivity index (χ0n) is 32.7. The Hall–Kier alpha value is -6.60. The Balaban J connectivity index is 1.27. The van der Waals surface area contributed by atoms with Crippen molar-refractivity contribution in [1.29, 1.82) is 0 Å². The van der Waals surface area contributed by atoms with E-state index in [2.05, 4.69) is 217 Å². The Kier molecular flexibility index (Phi) is 7.72. The lowest BCUT2D eigenvalue weighted by atomic mass is 9.61. The van der Waals surface area contributed by atoms with E-state index in [0.29, 0.717) is 0 Å². The van der Waals surface area contributed by atoms with Crippen molar-refractivity contribution in [2.24, 2.45) is 7.05 Å². The topological polar surface area (TPSA) is 33.1 Å². The number of fused-ring (bicyclic) bond motifs is 5.